The maximum absolute atomic E-state index is 12.9. The van der Waals surface area contributed by atoms with Crippen molar-refractivity contribution in [3.8, 4) is 0 Å². The zero-order valence-electron chi connectivity index (χ0n) is 15.4. The summed E-state index contributed by atoms with van der Waals surface area (Å²) in [4.78, 5) is 26.7. The summed E-state index contributed by atoms with van der Waals surface area (Å²) in [5.74, 6) is -0.317. The van der Waals surface area contributed by atoms with E-state index >= 15 is 0 Å². The minimum absolute atomic E-state index is 0.154. The van der Waals surface area contributed by atoms with Crippen LogP contribution in [0.2, 0.25) is 0 Å². The molecule has 29 heavy (non-hydrogen) atoms. The van der Waals surface area contributed by atoms with E-state index in [1.165, 1.54) is 11.3 Å². The van der Waals surface area contributed by atoms with Crippen LogP contribution >= 0.6 is 22.7 Å². The van der Waals surface area contributed by atoms with Crippen LogP contribution in [-0.2, 0) is 0 Å². The van der Waals surface area contributed by atoms with Crippen molar-refractivity contribution in [2.24, 2.45) is 0 Å². The standard InChI is InChI=1S/C23H18N2O2S2/c26-22(25-21(19-8-4-14-28-19)16-6-2-1-3-7-16)17-10-12-18(13-11-17)24-23(27)20-9-5-15-29-20/h1-15,21H,(H,24,27)(H,25,26). The number of carbonyl (C=O) groups excluding carboxylic acids is 2. The Bertz CT molecular complexity index is 1070. The lowest BCUT2D eigenvalue weighted by Crippen LogP contribution is -2.28. The lowest BCUT2D eigenvalue weighted by Gasteiger charge is -2.18. The molecule has 2 amide bonds. The molecule has 0 spiro atoms. The molecule has 2 N–H and O–H groups in total. The van der Waals surface area contributed by atoms with Gasteiger partial charge in [-0.3, -0.25) is 9.59 Å². The molecule has 0 bridgehead atoms. The fraction of sp³-hybridized carbons (Fsp3) is 0.0435. The number of amides is 2. The van der Waals surface area contributed by atoms with E-state index in [2.05, 4.69) is 10.6 Å². The third-order valence-electron chi connectivity index (χ3n) is 4.39. The second-order valence-corrected chi connectivity index (χ2v) is 8.27. The maximum atomic E-state index is 12.9. The van der Waals surface area contributed by atoms with Crippen LogP contribution in [0.25, 0.3) is 0 Å². The second-order valence-electron chi connectivity index (χ2n) is 6.34. The molecule has 0 radical (unpaired) electrons. The first-order chi connectivity index (χ1) is 14.2. The highest BCUT2D eigenvalue weighted by Crippen LogP contribution is 2.26. The summed E-state index contributed by atoms with van der Waals surface area (Å²) in [5.41, 5.74) is 2.22. The quantitative estimate of drug-likeness (QED) is 0.429. The number of rotatable bonds is 6. The van der Waals surface area contributed by atoms with Crippen LogP contribution in [0.1, 0.15) is 36.5 Å². The summed E-state index contributed by atoms with van der Waals surface area (Å²) < 4.78 is 0. The summed E-state index contributed by atoms with van der Waals surface area (Å²) in [6.45, 7) is 0. The first-order valence-electron chi connectivity index (χ1n) is 9.05. The van der Waals surface area contributed by atoms with E-state index in [0.29, 0.717) is 16.1 Å². The average Bonchev–Trinajstić information content (AvgIpc) is 3.47. The Kier molecular flexibility index (Phi) is 5.84. The van der Waals surface area contributed by atoms with E-state index in [4.69, 9.17) is 0 Å². The Morgan fingerprint density at radius 2 is 1.45 bits per heavy atom. The van der Waals surface area contributed by atoms with Crippen molar-refractivity contribution in [3.63, 3.8) is 0 Å². The van der Waals surface area contributed by atoms with E-state index in [0.717, 1.165) is 10.4 Å². The van der Waals surface area contributed by atoms with Crippen LogP contribution in [-0.4, -0.2) is 11.8 Å². The van der Waals surface area contributed by atoms with Crippen molar-refractivity contribution in [2.45, 2.75) is 6.04 Å². The molecule has 0 aliphatic heterocycles. The molecule has 6 heteroatoms. The molecule has 0 saturated carbocycles. The number of hydrogen-bond donors (Lipinski definition) is 2. The van der Waals surface area contributed by atoms with Crippen LogP contribution in [0.15, 0.2) is 89.6 Å². The van der Waals surface area contributed by atoms with Gasteiger partial charge in [0.25, 0.3) is 11.8 Å². The molecule has 2 aromatic carbocycles. The summed E-state index contributed by atoms with van der Waals surface area (Å²) in [6, 6.07) is 24.2. The number of nitrogens with one attached hydrogen (secondary N) is 2. The van der Waals surface area contributed by atoms with Gasteiger partial charge < -0.3 is 10.6 Å². The van der Waals surface area contributed by atoms with Gasteiger partial charge in [-0.1, -0.05) is 42.5 Å². The minimum atomic E-state index is -0.207. The predicted octanol–water partition coefficient (Wildman–Crippen LogP) is 5.58. The summed E-state index contributed by atoms with van der Waals surface area (Å²) >= 11 is 3.00. The molecule has 0 aliphatic rings. The van der Waals surface area contributed by atoms with Crippen LogP contribution in [0.3, 0.4) is 0 Å². The Morgan fingerprint density at radius 3 is 2.10 bits per heavy atom. The van der Waals surface area contributed by atoms with E-state index in [9.17, 15) is 9.59 Å². The molecule has 1 unspecified atom stereocenters. The third kappa shape index (κ3) is 4.62. The topological polar surface area (TPSA) is 58.2 Å². The summed E-state index contributed by atoms with van der Waals surface area (Å²) in [5, 5.41) is 9.82. The Morgan fingerprint density at radius 1 is 0.724 bits per heavy atom. The van der Waals surface area contributed by atoms with Crippen molar-refractivity contribution in [1.29, 1.82) is 0 Å². The number of hydrogen-bond acceptors (Lipinski definition) is 4. The lowest BCUT2D eigenvalue weighted by molar-refractivity contribution is 0.0943. The van der Waals surface area contributed by atoms with E-state index < -0.39 is 0 Å². The van der Waals surface area contributed by atoms with E-state index in [-0.39, 0.29) is 17.9 Å². The Hall–Kier alpha value is -3.22. The van der Waals surface area contributed by atoms with Gasteiger partial charge in [-0.05, 0) is 52.7 Å². The van der Waals surface area contributed by atoms with Gasteiger partial charge in [0.05, 0.1) is 10.9 Å². The normalized spacial score (nSPS) is 11.6. The highest BCUT2D eigenvalue weighted by molar-refractivity contribution is 7.12. The van der Waals surface area contributed by atoms with Gasteiger partial charge >= 0.3 is 0 Å². The van der Waals surface area contributed by atoms with E-state index in [1.54, 1.807) is 41.7 Å². The summed E-state index contributed by atoms with van der Waals surface area (Å²) in [7, 11) is 0. The highest BCUT2D eigenvalue weighted by Gasteiger charge is 2.18. The fourth-order valence-corrected chi connectivity index (χ4v) is 4.36. The molecular weight excluding hydrogens is 400 g/mol. The smallest absolute Gasteiger partial charge is 0.265 e. The number of benzene rings is 2. The van der Waals surface area contributed by atoms with E-state index in [1.807, 2.05) is 59.3 Å². The van der Waals surface area contributed by atoms with Gasteiger partial charge in [0, 0.05) is 16.1 Å². The average molecular weight is 419 g/mol. The molecule has 0 fully saturated rings. The van der Waals surface area contributed by atoms with Gasteiger partial charge in [-0.25, -0.2) is 0 Å². The van der Waals surface area contributed by atoms with Crippen LogP contribution in [0.5, 0.6) is 0 Å². The molecule has 2 aromatic heterocycles. The number of thiophene rings is 2. The molecule has 0 aliphatic carbocycles. The van der Waals surface area contributed by atoms with Gasteiger partial charge in [-0.15, -0.1) is 22.7 Å². The van der Waals surface area contributed by atoms with Crippen molar-refractivity contribution in [1.82, 2.24) is 5.32 Å². The van der Waals surface area contributed by atoms with Gasteiger partial charge in [-0.2, -0.15) is 0 Å². The molecule has 144 valence electrons. The molecular formula is C23H18N2O2S2. The van der Waals surface area contributed by atoms with Crippen molar-refractivity contribution >= 4 is 40.2 Å². The molecule has 1 atom stereocenters. The SMILES string of the molecule is O=C(NC(c1ccccc1)c1cccs1)c1ccc(NC(=O)c2cccs2)cc1. The number of anilines is 1. The third-order valence-corrected chi connectivity index (χ3v) is 6.19. The largest absolute Gasteiger partial charge is 0.340 e. The minimum Gasteiger partial charge on any atom is -0.340 e. The van der Waals surface area contributed by atoms with Gasteiger partial charge in [0.2, 0.25) is 0 Å². The van der Waals surface area contributed by atoms with Crippen molar-refractivity contribution in [3.05, 3.63) is 111 Å². The Labute approximate surface area is 176 Å². The van der Waals surface area contributed by atoms with Crippen LogP contribution in [0, 0.1) is 0 Å². The van der Waals surface area contributed by atoms with Crippen molar-refractivity contribution < 1.29 is 9.59 Å². The zero-order chi connectivity index (χ0) is 20.1. The molecule has 4 nitrogen and oxygen atoms in total. The molecule has 4 aromatic rings. The lowest BCUT2D eigenvalue weighted by atomic mass is 10.0. The Balaban J connectivity index is 1.48. The van der Waals surface area contributed by atoms with Gasteiger partial charge in [0.15, 0.2) is 0 Å². The van der Waals surface area contributed by atoms with Gasteiger partial charge in [0.1, 0.15) is 0 Å². The first-order valence-corrected chi connectivity index (χ1v) is 10.8. The number of carbonyl (C=O) groups is 2. The van der Waals surface area contributed by atoms with Crippen LogP contribution < -0.4 is 10.6 Å². The highest BCUT2D eigenvalue weighted by atomic mass is 32.1. The van der Waals surface area contributed by atoms with Crippen molar-refractivity contribution in [2.75, 3.05) is 5.32 Å². The van der Waals surface area contributed by atoms with Crippen LogP contribution in [0.4, 0.5) is 5.69 Å². The molecule has 4 rings (SSSR count). The molecule has 0 saturated heterocycles. The monoisotopic (exact) mass is 418 g/mol. The first kappa shape index (κ1) is 19.1. The maximum Gasteiger partial charge on any atom is 0.265 e. The predicted molar refractivity (Wildman–Crippen MR) is 119 cm³/mol. The fourth-order valence-electron chi connectivity index (χ4n) is 2.94. The second kappa shape index (κ2) is 8.86. The summed E-state index contributed by atoms with van der Waals surface area (Å²) in [6.07, 6.45) is 0. The zero-order valence-corrected chi connectivity index (χ0v) is 17.0. The molecule has 2 heterocycles.